The fourth-order valence-electron chi connectivity index (χ4n) is 10.4. The molecule has 1 aromatic heterocycles. The molecule has 5 fully saturated rings. The van der Waals surface area contributed by atoms with Crippen molar-refractivity contribution in [2.45, 2.75) is 127 Å². The molecule has 4 unspecified atom stereocenters. The molecule has 13 atom stereocenters. The van der Waals surface area contributed by atoms with Crippen LogP contribution in [-0.4, -0.2) is 54.8 Å². The third-order valence-electron chi connectivity index (χ3n) is 12.8. The number of nitrogens with two attached hydrogens (primary N) is 1. The number of hydrogen-bond acceptors (Lipinski definition) is 8. The van der Waals surface area contributed by atoms with Crippen molar-refractivity contribution >= 4 is 0 Å². The minimum atomic E-state index is -0.695. The molecule has 3 saturated carbocycles. The lowest BCUT2D eigenvalue weighted by Crippen LogP contribution is -2.60. The lowest BCUT2D eigenvalue weighted by molar-refractivity contribution is -0.231. The summed E-state index contributed by atoms with van der Waals surface area (Å²) >= 11 is 0. The van der Waals surface area contributed by atoms with Gasteiger partial charge in [-0.05, 0) is 105 Å². The number of allylic oxidation sites excluding steroid dienone is 2. The summed E-state index contributed by atoms with van der Waals surface area (Å²) in [5.41, 5.74) is 7.95. The maximum atomic E-state index is 12.5. The van der Waals surface area contributed by atoms with Crippen molar-refractivity contribution in [3.05, 3.63) is 46.0 Å². The van der Waals surface area contributed by atoms with Crippen LogP contribution < -0.4 is 11.4 Å². The van der Waals surface area contributed by atoms with Gasteiger partial charge in [-0.25, -0.2) is 4.79 Å². The van der Waals surface area contributed by atoms with Crippen molar-refractivity contribution in [1.29, 1.82) is 0 Å². The molecule has 4 aliphatic carbocycles. The molecule has 0 bridgehead atoms. The quantitative estimate of drug-likeness (QED) is 0.505. The van der Waals surface area contributed by atoms with Crippen LogP contribution in [0.1, 0.15) is 90.0 Å². The number of fused-ring (bicyclic) bond motifs is 6. The monoisotopic (exact) mass is 569 g/mol. The van der Waals surface area contributed by atoms with Crippen LogP contribution in [0.15, 0.2) is 39.3 Å². The SMILES string of the molecule is COC1O[C@@H]2[C@@H](N)[C@H](C)OC(C[C@@H]3C=C4CCC5C(CC[C@]6(C)[C@@H](c7ccc(=O)oc7)CC[C@]56O)[C@@]4(C)CC3)[C@@H]2O1. The number of ether oxygens (including phenoxy) is 4. The molecule has 2 aliphatic heterocycles. The minimum Gasteiger partial charge on any atom is -0.431 e. The minimum absolute atomic E-state index is 0.0774. The average molecular weight is 570 g/mol. The van der Waals surface area contributed by atoms with Crippen molar-refractivity contribution in [1.82, 2.24) is 0 Å². The average Bonchev–Trinajstić information content (AvgIpc) is 3.52. The Morgan fingerprint density at radius 1 is 1.02 bits per heavy atom. The van der Waals surface area contributed by atoms with E-state index < -0.39 is 12.1 Å². The van der Waals surface area contributed by atoms with E-state index in [1.807, 2.05) is 13.0 Å². The predicted octanol–water partition coefficient (Wildman–Crippen LogP) is 4.64. The lowest BCUT2D eigenvalue weighted by Gasteiger charge is -2.62. The van der Waals surface area contributed by atoms with E-state index in [1.165, 1.54) is 6.07 Å². The molecule has 226 valence electrons. The van der Waals surface area contributed by atoms with Gasteiger partial charge in [0.25, 0.3) is 6.48 Å². The Kier molecular flexibility index (Phi) is 6.88. The highest BCUT2D eigenvalue weighted by molar-refractivity contribution is 5.31. The maximum Gasteiger partial charge on any atom is 0.335 e. The molecule has 8 heteroatoms. The fraction of sp³-hybridized carbons (Fsp3) is 0.788. The van der Waals surface area contributed by atoms with Crippen molar-refractivity contribution in [3.8, 4) is 0 Å². The molecule has 0 amide bonds. The van der Waals surface area contributed by atoms with Crippen LogP contribution in [0.3, 0.4) is 0 Å². The summed E-state index contributed by atoms with van der Waals surface area (Å²) in [4.78, 5) is 11.6. The number of hydrogen-bond donors (Lipinski definition) is 2. The first kappa shape index (κ1) is 28.2. The number of aliphatic hydroxyl groups is 1. The van der Waals surface area contributed by atoms with Gasteiger partial charge in [-0.1, -0.05) is 25.5 Å². The van der Waals surface area contributed by atoms with Crippen LogP contribution in [-0.2, 0) is 18.9 Å². The molecule has 1 aromatic rings. The van der Waals surface area contributed by atoms with E-state index in [0.717, 1.165) is 63.4 Å². The topological polar surface area (TPSA) is 113 Å². The first-order chi connectivity index (χ1) is 19.6. The first-order valence-corrected chi connectivity index (χ1v) is 15.8. The van der Waals surface area contributed by atoms with Crippen LogP contribution in [0, 0.1) is 28.6 Å². The summed E-state index contributed by atoms with van der Waals surface area (Å²) in [5, 5.41) is 12.5. The van der Waals surface area contributed by atoms with E-state index in [9.17, 15) is 9.90 Å². The van der Waals surface area contributed by atoms with Gasteiger partial charge in [0.15, 0.2) is 0 Å². The summed E-state index contributed by atoms with van der Waals surface area (Å²) in [5.74, 6) is 1.41. The van der Waals surface area contributed by atoms with Gasteiger partial charge in [0.2, 0.25) is 0 Å². The third kappa shape index (κ3) is 4.19. The highest BCUT2D eigenvalue weighted by Gasteiger charge is 2.66. The van der Waals surface area contributed by atoms with E-state index in [1.54, 1.807) is 18.9 Å². The van der Waals surface area contributed by atoms with Crippen molar-refractivity contribution in [3.63, 3.8) is 0 Å². The Bertz CT molecular complexity index is 1230. The van der Waals surface area contributed by atoms with Crippen molar-refractivity contribution in [2.24, 2.45) is 34.3 Å². The molecule has 41 heavy (non-hydrogen) atoms. The Balaban J connectivity index is 1.09. The Labute approximate surface area is 242 Å². The molecule has 3 N–H and O–H groups in total. The van der Waals surface area contributed by atoms with Crippen LogP contribution in [0.25, 0.3) is 0 Å². The summed E-state index contributed by atoms with van der Waals surface area (Å²) in [6.45, 7) is 6.11. The molecule has 8 nitrogen and oxygen atoms in total. The Morgan fingerprint density at radius 3 is 2.59 bits per heavy atom. The molecule has 6 aliphatic rings. The van der Waals surface area contributed by atoms with Gasteiger partial charge in [0.1, 0.15) is 12.2 Å². The molecular weight excluding hydrogens is 522 g/mol. The first-order valence-electron chi connectivity index (χ1n) is 15.8. The highest BCUT2D eigenvalue weighted by Crippen LogP contribution is 2.70. The van der Waals surface area contributed by atoms with E-state index in [-0.39, 0.29) is 52.8 Å². The second-order valence-electron chi connectivity index (χ2n) is 14.4. The molecule has 0 spiro atoms. The molecule has 0 radical (unpaired) electrons. The van der Waals surface area contributed by atoms with E-state index >= 15 is 0 Å². The number of methoxy groups -OCH3 is 1. The Morgan fingerprint density at radius 2 is 1.83 bits per heavy atom. The van der Waals surface area contributed by atoms with Gasteiger partial charge in [0, 0.05) is 18.6 Å². The molecular formula is C33H47NO7. The molecule has 0 aromatic carbocycles. The van der Waals surface area contributed by atoms with Crippen LogP contribution in [0.5, 0.6) is 0 Å². The van der Waals surface area contributed by atoms with Gasteiger partial charge in [-0.3, -0.25) is 0 Å². The third-order valence-corrected chi connectivity index (χ3v) is 12.8. The van der Waals surface area contributed by atoms with Gasteiger partial charge in [-0.15, -0.1) is 0 Å². The number of rotatable bonds is 4. The lowest BCUT2D eigenvalue weighted by atomic mass is 9.44. The van der Waals surface area contributed by atoms with Gasteiger partial charge in [-0.2, -0.15) is 0 Å². The molecule has 3 heterocycles. The van der Waals surface area contributed by atoms with E-state index in [2.05, 4.69) is 19.9 Å². The summed E-state index contributed by atoms with van der Waals surface area (Å²) in [7, 11) is 1.59. The second kappa shape index (κ2) is 10.00. The van der Waals surface area contributed by atoms with E-state index in [4.69, 9.17) is 29.1 Å². The van der Waals surface area contributed by atoms with Gasteiger partial charge in [0.05, 0.1) is 30.1 Å². The highest BCUT2D eigenvalue weighted by atomic mass is 16.9. The van der Waals surface area contributed by atoms with E-state index in [0.29, 0.717) is 17.8 Å². The van der Waals surface area contributed by atoms with Crippen LogP contribution in [0.2, 0.25) is 0 Å². The predicted molar refractivity (Wildman–Crippen MR) is 152 cm³/mol. The largest absolute Gasteiger partial charge is 0.431 e. The standard InChI is InChI=1S/C33H47NO7/c1-18-27(34)29-28(40-30(37-4)41-29)25(39-18)16-19-9-12-31(2)21(15-19)6-7-24-23(31)10-13-32(3)22(11-14-33(24,32)36)20-5-8-26(35)38-17-20/h5,8,15,17-19,22-25,27-30,36H,6-7,9-14,16,34H2,1-4H3/t18-,19-,22+,23?,24?,25?,27-,28-,29+,30?,31-,32+,33-/m0/s1. The zero-order valence-corrected chi connectivity index (χ0v) is 24.9. The fourth-order valence-corrected chi connectivity index (χ4v) is 10.4. The van der Waals surface area contributed by atoms with Crippen molar-refractivity contribution in [2.75, 3.05) is 7.11 Å². The van der Waals surface area contributed by atoms with Crippen LogP contribution in [0.4, 0.5) is 0 Å². The zero-order valence-electron chi connectivity index (χ0n) is 24.9. The van der Waals surface area contributed by atoms with Crippen molar-refractivity contribution < 1.29 is 28.5 Å². The van der Waals surface area contributed by atoms with Gasteiger partial charge < -0.3 is 34.2 Å². The summed E-state index contributed by atoms with van der Waals surface area (Å²) in [6.07, 6.45) is 12.7. The normalized spacial score (nSPS) is 50.8. The smallest absolute Gasteiger partial charge is 0.335 e. The second-order valence-corrected chi connectivity index (χ2v) is 14.4. The summed E-state index contributed by atoms with van der Waals surface area (Å²) < 4.78 is 29.0. The maximum absolute atomic E-state index is 12.5. The zero-order chi connectivity index (χ0) is 28.7. The van der Waals surface area contributed by atoms with Gasteiger partial charge >= 0.3 is 5.63 Å². The molecule has 2 saturated heterocycles. The molecule has 7 rings (SSSR count). The van der Waals surface area contributed by atoms with Crippen LogP contribution >= 0.6 is 0 Å². The Hall–Kier alpha value is -1.55. The summed E-state index contributed by atoms with van der Waals surface area (Å²) in [6, 6.07) is 3.20.